The Hall–Kier alpha value is -1.81. The molecule has 0 bridgehead atoms. The molecule has 0 aliphatic rings. The van der Waals surface area contributed by atoms with E-state index in [0.29, 0.717) is 12.6 Å². The smallest absolute Gasteiger partial charge is 0.132 e. The fourth-order valence-corrected chi connectivity index (χ4v) is 1.76. The Morgan fingerprint density at radius 1 is 1.26 bits per heavy atom. The summed E-state index contributed by atoms with van der Waals surface area (Å²) in [5, 5.41) is 14.0. The zero-order valence-corrected chi connectivity index (χ0v) is 11.6. The lowest BCUT2D eigenvalue weighted by Crippen LogP contribution is -2.03. The van der Waals surface area contributed by atoms with E-state index in [4.69, 9.17) is 4.74 Å². The fourth-order valence-electron chi connectivity index (χ4n) is 1.76. The van der Waals surface area contributed by atoms with E-state index in [1.165, 1.54) is 0 Å². The quantitative estimate of drug-likeness (QED) is 0.898. The number of ether oxygens (including phenoxy) is 1. The molecule has 0 unspecified atom stereocenters. The summed E-state index contributed by atoms with van der Waals surface area (Å²) in [5.41, 5.74) is 1.75. The number of nitrogens with zero attached hydrogens (tertiary/aromatic N) is 2. The van der Waals surface area contributed by atoms with E-state index in [0.717, 1.165) is 17.0 Å². The van der Waals surface area contributed by atoms with Gasteiger partial charge in [0.1, 0.15) is 12.4 Å². The summed E-state index contributed by atoms with van der Waals surface area (Å²) < 4.78 is 7.60. The van der Waals surface area contributed by atoms with Crippen LogP contribution in [0, 0.1) is 0 Å². The first-order valence-corrected chi connectivity index (χ1v) is 6.51. The minimum Gasteiger partial charge on any atom is -0.487 e. The van der Waals surface area contributed by atoms with Crippen LogP contribution in [0.4, 0.5) is 0 Å². The number of hydrogen-bond donors (Lipinski definition) is 1. The van der Waals surface area contributed by atoms with E-state index in [-0.39, 0.29) is 0 Å². The predicted molar refractivity (Wildman–Crippen MR) is 74.0 cm³/mol. The largest absolute Gasteiger partial charge is 0.487 e. The molecule has 4 heteroatoms. The van der Waals surface area contributed by atoms with Crippen LogP contribution in [0.15, 0.2) is 36.5 Å². The van der Waals surface area contributed by atoms with Crippen molar-refractivity contribution in [2.24, 2.45) is 0 Å². The van der Waals surface area contributed by atoms with E-state index < -0.39 is 6.10 Å². The summed E-state index contributed by atoms with van der Waals surface area (Å²) in [4.78, 5) is 0. The molecule has 0 radical (unpaired) electrons. The van der Waals surface area contributed by atoms with Gasteiger partial charge in [0.25, 0.3) is 0 Å². The first-order chi connectivity index (χ1) is 9.06. The van der Waals surface area contributed by atoms with Crippen LogP contribution in [0.1, 0.15) is 44.2 Å². The van der Waals surface area contributed by atoms with Gasteiger partial charge >= 0.3 is 0 Å². The highest BCUT2D eigenvalue weighted by Gasteiger charge is 2.05. The van der Waals surface area contributed by atoms with Crippen molar-refractivity contribution >= 4 is 0 Å². The predicted octanol–water partition coefficient (Wildman–Crippen LogP) is 3.10. The van der Waals surface area contributed by atoms with Crippen molar-refractivity contribution in [3.8, 4) is 5.75 Å². The molecule has 1 aromatic carbocycles. The topological polar surface area (TPSA) is 47.3 Å². The highest BCUT2D eigenvalue weighted by atomic mass is 16.5. The normalized spacial score (nSPS) is 12.7. The van der Waals surface area contributed by atoms with E-state index >= 15 is 0 Å². The molecule has 0 spiro atoms. The Morgan fingerprint density at radius 3 is 2.68 bits per heavy atom. The van der Waals surface area contributed by atoms with Crippen molar-refractivity contribution in [3.05, 3.63) is 47.8 Å². The zero-order valence-electron chi connectivity index (χ0n) is 11.6. The third kappa shape index (κ3) is 3.58. The summed E-state index contributed by atoms with van der Waals surface area (Å²) in [6.45, 7) is 6.35. The van der Waals surface area contributed by atoms with Crippen molar-refractivity contribution < 1.29 is 9.84 Å². The molecule has 0 saturated carbocycles. The molecule has 4 nitrogen and oxygen atoms in total. The van der Waals surface area contributed by atoms with Crippen LogP contribution in [-0.4, -0.2) is 14.9 Å². The maximum absolute atomic E-state index is 9.53. The number of aromatic nitrogens is 2. The molecule has 1 aromatic heterocycles. The van der Waals surface area contributed by atoms with Crippen LogP contribution < -0.4 is 4.74 Å². The lowest BCUT2D eigenvalue weighted by atomic mass is 10.1. The van der Waals surface area contributed by atoms with Gasteiger partial charge in [-0.15, -0.1) is 0 Å². The van der Waals surface area contributed by atoms with E-state index in [9.17, 15) is 5.11 Å². The van der Waals surface area contributed by atoms with Crippen molar-refractivity contribution in [1.29, 1.82) is 0 Å². The van der Waals surface area contributed by atoms with Crippen molar-refractivity contribution in [3.63, 3.8) is 0 Å². The highest BCUT2D eigenvalue weighted by Crippen LogP contribution is 2.19. The summed E-state index contributed by atoms with van der Waals surface area (Å²) in [5.74, 6) is 0.748. The Balaban J connectivity index is 1.99. The average molecular weight is 260 g/mol. The Bertz CT molecular complexity index is 532. The van der Waals surface area contributed by atoms with Crippen molar-refractivity contribution in [2.75, 3.05) is 0 Å². The molecule has 0 aliphatic heterocycles. The van der Waals surface area contributed by atoms with Gasteiger partial charge in [0.15, 0.2) is 0 Å². The molecule has 2 aromatic rings. The monoisotopic (exact) mass is 260 g/mol. The lowest BCUT2D eigenvalue weighted by molar-refractivity contribution is 0.198. The van der Waals surface area contributed by atoms with Crippen LogP contribution in [0.3, 0.4) is 0 Å². The Kier molecular flexibility index (Phi) is 4.22. The minimum absolute atomic E-state index is 0.354. The van der Waals surface area contributed by atoms with Crippen LogP contribution in [0.2, 0.25) is 0 Å². The van der Waals surface area contributed by atoms with Crippen molar-refractivity contribution in [2.45, 2.75) is 39.5 Å². The molecular formula is C15H20N2O2. The van der Waals surface area contributed by atoms with Crippen LogP contribution in [0.5, 0.6) is 5.75 Å². The van der Waals surface area contributed by atoms with Gasteiger partial charge < -0.3 is 9.84 Å². The number of rotatable bonds is 5. The van der Waals surface area contributed by atoms with E-state index in [1.54, 1.807) is 6.92 Å². The molecule has 2 rings (SSSR count). The third-order valence-electron chi connectivity index (χ3n) is 2.92. The van der Waals surface area contributed by atoms with Crippen LogP contribution in [0.25, 0.3) is 0 Å². The first-order valence-electron chi connectivity index (χ1n) is 6.51. The average Bonchev–Trinajstić information content (AvgIpc) is 2.85. The molecule has 0 aliphatic carbocycles. The highest BCUT2D eigenvalue weighted by molar-refractivity contribution is 5.29. The first kappa shape index (κ1) is 13.6. The van der Waals surface area contributed by atoms with Crippen LogP contribution in [-0.2, 0) is 6.61 Å². The summed E-state index contributed by atoms with van der Waals surface area (Å²) >= 11 is 0. The Labute approximate surface area is 113 Å². The molecule has 1 N–H and O–H groups in total. The van der Waals surface area contributed by atoms with E-state index in [2.05, 4.69) is 18.9 Å². The van der Waals surface area contributed by atoms with Gasteiger partial charge in [-0.2, -0.15) is 5.10 Å². The maximum Gasteiger partial charge on any atom is 0.132 e. The van der Waals surface area contributed by atoms with Gasteiger partial charge in [-0.25, -0.2) is 0 Å². The van der Waals surface area contributed by atoms with Gasteiger partial charge in [-0.05, 0) is 44.5 Å². The standard InChI is InChI=1S/C15H20N2O2/c1-11(2)17-8-7-14(16-17)10-19-15-6-4-5-13(9-15)12(3)18/h4-9,11-12,18H,10H2,1-3H3/t12-/m1/s1. The molecule has 0 saturated heterocycles. The Morgan fingerprint density at radius 2 is 2.05 bits per heavy atom. The van der Waals surface area contributed by atoms with Gasteiger partial charge in [0.2, 0.25) is 0 Å². The van der Waals surface area contributed by atoms with Gasteiger partial charge in [-0.3, -0.25) is 4.68 Å². The third-order valence-corrected chi connectivity index (χ3v) is 2.92. The second-order valence-corrected chi connectivity index (χ2v) is 4.92. The minimum atomic E-state index is -0.483. The second-order valence-electron chi connectivity index (χ2n) is 4.92. The van der Waals surface area contributed by atoms with E-state index in [1.807, 2.05) is 41.2 Å². The van der Waals surface area contributed by atoms with Gasteiger partial charge in [0.05, 0.1) is 11.8 Å². The fraction of sp³-hybridized carbons (Fsp3) is 0.400. The number of aliphatic hydroxyl groups excluding tert-OH is 1. The number of hydrogen-bond acceptors (Lipinski definition) is 3. The molecule has 0 fully saturated rings. The maximum atomic E-state index is 9.53. The summed E-state index contributed by atoms with van der Waals surface area (Å²) in [7, 11) is 0. The molecule has 19 heavy (non-hydrogen) atoms. The van der Waals surface area contributed by atoms with Crippen LogP contribution >= 0.6 is 0 Å². The molecule has 102 valence electrons. The van der Waals surface area contributed by atoms with Gasteiger partial charge in [-0.1, -0.05) is 12.1 Å². The number of aliphatic hydroxyl groups is 1. The molecule has 1 heterocycles. The van der Waals surface area contributed by atoms with Crippen molar-refractivity contribution in [1.82, 2.24) is 9.78 Å². The SMILES string of the molecule is CC(C)n1ccc(COc2cccc([C@@H](C)O)c2)n1. The molecule has 0 amide bonds. The zero-order chi connectivity index (χ0) is 13.8. The van der Waals surface area contributed by atoms with Gasteiger partial charge in [0, 0.05) is 12.2 Å². The molecule has 1 atom stereocenters. The summed E-state index contributed by atoms with van der Waals surface area (Å²) in [6, 6.07) is 9.80. The lowest BCUT2D eigenvalue weighted by Gasteiger charge is -2.08. The number of benzene rings is 1. The second kappa shape index (κ2) is 5.89. The summed E-state index contributed by atoms with van der Waals surface area (Å²) in [6.07, 6.45) is 1.47. The molecular weight excluding hydrogens is 240 g/mol.